The Morgan fingerprint density at radius 2 is 1.89 bits per heavy atom. The van der Waals surface area contributed by atoms with Crippen molar-refractivity contribution in [1.29, 1.82) is 0 Å². The number of aromatic nitrogens is 3. The molecule has 0 unspecified atom stereocenters. The average molecular weight is 381 g/mol. The third-order valence-electron chi connectivity index (χ3n) is 5.59. The summed E-state index contributed by atoms with van der Waals surface area (Å²) in [7, 11) is 0. The number of rotatable bonds is 5. The van der Waals surface area contributed by atoms with Crippen molar-refractivity contribution < 1.29 is 9.59 Å². The average Bonchev–Trinajstić information content (AvgIpc) is 3.41. The Balaban J connectivity index is 1.28. The molecular weight excluding hydrogens is 354 g/mol. The van der Waals surface area contributed by atoms with Crippen LogP contribution < -0.4 is 5.32 Å². The lowest BCUT2D eigenvalue weighted by molar-refractivity contribution is 0.0673. The summed E-state index contributed by atoms with van der Waals surface area (Å²) in [4.78, 5) is 35.6. The molecule has 0 spiro atoms. The number of hydrogen-bond donors (Lipinski definition) is 1. The summed E-state index contributed by atoms with van der Waals surface area (Å²) in [5.41, 5.74) is 2.02. The Kier molecular flexibility index (Phi) is 5.15. The van der Waals surface area contributed by atoms with Crippen molar-refractivity contribution in [3.63, 3.8) is 0 Å². The molecular formula is C21H27N5O2. The number of amides is 2. The minimum atomic E-state index is -0.158. The van der Waals surface area contributed by atoms with Crippen LogP contribution in [0.5, 0.6) is 0 Å². The Morgan fingerprint density at radius 3 is 2.57 bits per heavy atom. The summed E-state index contributed by atoms with van der Waals surface area (Å²) in [6.07, 6.45) is 6.16. The lowest BCUT2D eigenvalue weighted by Crippen LogP contribution is -2.42. The molecule has 1 saturated heterocycles. The highest BCUT2D eigenvalue weighted by atomic mass is 16.2. The Morgan fingerprint density at radius 1 is 1.14 bits per heavy atom. The second-order valence-corrected chi connectivity index (χ2v) is 7.92. The number of piperidine rings is 1. The van der Waals surface area contributed by atoms with Crippen molar-refractivity contribution in [3.8, 4) is 0 Å². The van der Waals surface area contributed by atoms with Crippen molar-refractivity contribution in [2.45, 2.75) is 45.6 Å². The minimum absolute atomic E-state index is 0.131. The monoisotopic (exact) mass is 381 g/mol. The fraction of sp³-hybridized carbons (Fsp3) is 0.524. The molecule has 0 bridgehead atoms. The highest BCUT2D eigenvalue weighted by molar-refractivity contribution is 5.93. The van der Waals surface area contributed by atoms with Crippen molar-refractivity contribution >= 4 is 11.8 Å². The van der Waals surface area contributed by atoms with Gasteiger partial charge in [0.05, 0.1) is 0 Å². The van der Waals surface area contributed by atoms with Crippen LogP contribution in [0.3, 0.4) is 0 Å². The van der Waals surface area contributed by atoms with E-state index in [2.05, 4.69) is 19.9 Å². The van der Waals surface area contributed by atoms with E-state index in [1.54, 1.807) is 13.0 Å². The van der Waals surface area contributed by atoms with E-state index in [0.29, 0.717) is 30.0 Å². The highest BCUT2D eigenvalue weighted by Crippen LogP contribution is 2.36. The summed E-state index contributed by atoms with van der Waals surface area (Å²) >= 11 is 0. The topological polar surface area (TPSA) is 80.1 Å². The minimum Gasteiger partial charge on any atom is -0.350 e. The van der Waals surface area contributed by atoms with E-state index >= 15 is 0 Å². The van der Waals surface area contributed by atoms with Crippen LogP contribution in [0.1, 0.15) is 64.2 Å². The summed E-state index contributed by atoms with van der Waals surface area (Å²) in [5, 5.41) is 2.99. The lowest BCUT2D eigenvalue weighted by Gasteiger charge is -2.32. The van der Waals surface area contributed by atoms with E-state index in [0.717, 1.165) is 37.3 Å². The molecule has 2 amide bonds. The highest BCUT2D eigenvalue weighted by Gasteiger charge is 2.30. The molecule has 0 radical (unpaired) electrons. The summed E-state index contributed by atoms with van der Waals surface area (Å²) in [6.45, 7) is 5.73. The van der Waals surface area contributed by atoms with Gasteiger partial charge in [0, 0.05) is 37.6 Å². The van der Waals surface area contributed by atoms with Gasteiger partial charge < -0.3 is 14.8 Å². The van der Waals surface area contributed by atoms with Crippen LogP contribution in [0.25, 0.3) is 0 Å². The van der Waals surface area contributed by atoms with Gasteiger partial charge in [-0.05, 0) is 63.6 Å². The van der Waals surface area contributed by atoms with Gasteiger partial charge in [-0.2, -0.15) is 0 Å². The molecule has 148 valence electrons. The first-order valence-electron chi connectivity index (χ1n) is 10.1. The van der Waals surface area contributed by atoms with Gasteiger partial charge in [-0.15, -0.1) is 0 Å². The van der Waals surface area contributed by atoms with Crippen molar-refractivity contribution in [2.75, 3.05) is 19.6 Å². The molecule has 7 nitrogen and oxygen atoms in total. The fourth-order valence-electron chi connectivity index (χ4n) is 3.91. The molecule has 4 rings (SSSR count). The van der Waals surface area contributed by atoms with Gasteiger partial charge in [-0.1, -0.05) is 0 Å². The fourth-order valence-corrected chi connectivity index (χ4v) is 3.91. The van der Waals surface area contributed by atoms with Gasteiger partial charge in [0.2, 0.25) is 0 Å². The third-order valence-corrected chi connectivity index (χ3v) is 5.59. The van der Waals surface area contributed by atoms with Gasteiger partial charge in [-0.3, -0.25) is 9.59 Å². The quantitative estimate of drug-likeness (QED) is 0.863. The molecule has 0 aromatic carbocycles. The Labute approximate surface area is 165 Å². The number of aryl methyl sites for hydroxylation is 2. The molecule has 2 fully saturated rings. The molecule has 1 aliphatic heterocycles. The van der Waals surface area contributed by atoms with Crippen molar-refractivity contribution in [2.24, 2.45) is 5.92 Å². The van der Waals surface area contributed by atoms with Gasteiger partial charge in [0.25, 0.3) is 11.8 Å². The lowest BCUT2D eigenvalue weighted by atomic mass is 9.96. The van der Waals surface area contributed by atoms with E-state index in [9.17, 15) is 9.59 Å². The zero-order valence-corrected chi connectivity index (χ0v) is 16.5. The van der Waals surface area contributed by atoms with Crippen LogP contribution in [-0.4, -0.2) is 50.9 Å². The molecule has 2 aromatic rings. The number of carbonyl (C=O) groups excluding carboxylic acids is 2. The maximum absolute atomic E-state index is 12.9. The first-order chi connectivity index (χ1) is 13.5. The van der Waals surface area contributed by atoms with E-state index in [1.807, 2.05) is 30.2 Å². The molecule has 7 heteroatoms. The number of hydrogen-bond acceptors (Lipinski definition) is 4. The van der Waals surface area contributed by atoms with E-state index in [-0.39, 0.29) is 11.8 Å². The van der Waals surface area contributed by atoms with Crippen LogP contribution in [0.2, 0.25) is 0 Å². The number of nitrogens with zero attached hydrogens (tertiary/aromatic N) is 4. The van der Waals surface area contributed by atoms with Crippen LogP contribution in [0, 0.1) is 19.8 Å². The van der Waals surface area contributed by atoms with E-state index < -0.39 is 0 Å². The third kappa shape index (κ3) is 4.08. The van der Waals surface area contributed by atoms with Gasteiger partial charge in [-0.25, -0.2) is 9.97 Å². The van der Waals surface area contributed by atoms with Crippen molar-refractivity contribution in [1.82, 2.24) is 24.8 Å². The SMILES string of the molecule is Cc1cc(C(=O)NCC2CCN(C(=O)c3cccn3C3CC3)CC2)nc(C)n1. The molecule has 2 aliphatic rings. The van der Waals surface area contributed by atoms with Crippen molar-refractivity contribution in [3.05, 3.63) is 47.3 Å². The predicted octanol–water partition coefficient (Wildman–Crippen LogP) is 2.51. The Bertz CT molecular complexity index is 858. The summed E-state index contributed by atoms with van der Waals surface area (Å²) in [5.74, 6) is 0.959. The van der Waals surface area contributed by atoms with Crippen LogP contribution in [-0.2, 0) is 0 Å². The smallest absolute Gasteiger partial charge is 0.270 e. The predicted molar refractivity (Wildman–Crippen MR) is 105 cm³/mol. The maximum atomic E-state index is 12.9. The molecule has 1 N–H and O–H groups in total. The first kappa shape index (κ1) is 18.7. The molecule has 1 saturated carbocycles. The van der Waals surface area contributed by atoms with Gasteiger partial charge in [0.15, 0.2) is 0 Å². The van der Waals surface area contributed by atoms with Crippen LogP contribution in [0.4, 0.5) is 0 Å². The summed E-state index contributed by atoms with van der Waals surface area (Å²) < 4.78 is 2.13. The van der Waals surface area contributed by atoms with Gasteiger partial charge in [0.1, 0.15) is 17.2 Å². The standard InChI is InChI=1S/C21H27N5O2/c1-14-12-18(24-15(2)23-14)20(27)22-13-16-7-10-25(11-8-16)21(28)19-4-3-9-26(19)17-5-6-17/h3-4,9,12,16-17H,5-8,10-11,13H2,1-2H3,(H,22,27). The molecule has 0 atom stereocenters. The van der Waals surface area contributed by atoms with Gasteiger partial charge >= 0.3 is 0 Å². The second-order valence-electron chi connectivity index (χ2n) is 7.92. The molecule has 1 aliphatic carbocycles. The van der Waals surface area contributed by atoms with Crippen LogP contribution >= 0.6 is 0 Å². The number of nitrogens with one attached hydrogen (secondary N) is 1. The Hall–Kier alpha value is -2.70. The maximum Gasteiger partial charge on any atom is 0.270 e. The second kappa shape index (κ2) is 7.73. The van der Waals surface area contributed by atoms with E-state index in [4.69, 9.17) is 0 Å². The first-order valence-corrected chi connectivity index (χ1v) is 10.1. The number of likely N-dealkylation sites (tertiary alicyclic amines) is 1. The zero-order chi connectivity index (χ0) is 19.7. The zero-order valence-electron chi connectivity index (χ0n) is 16.5. The summed E-state index contributed by atoms with van der Waals surface area (Å²) in [6, 6.07) is 6.11. The molecule has 28 heavy (non-hydrogen) atoms. The normalized spacial score (nSPS) is 17.6. The molecule has 2 aromatic heterocycles. The number of carbonyl (C=O) groups is 2. The van der Waals surface area contributed by atoms with E-state index in [1.165, 1.54) is 12.8 Å². The largest absolute Gasteiger partial charge is 0.350 e. The molecule has 3 heterocycles. The van der Waals surface area contributed by atoms with Crippen LogP contribution in [0.15, 0.2) is 24.4 Å².